The summed E-state index contributed by atoms with van der Waals surface area (Å²) in [5.41, 5.74) is 0. The second-order valence-electron chi connectivity index (χ2n) is 5.39. The Hall–Kier alpha value is -1.66. The molecule has 21 heavy (non-hydrogen) atoms. The fourth-order valence-corrected chi connectivity index (χ4v) is 2.73. The number of nitrogens with one attached hydrogen (secondary N) is 1. The number of piperidine rings is 1. The molecule has 6 nitrogen and oxygen atoms in total. The van der Waals surface area contributed by atoms with E-state index in [4.69, 9.17) is 9.47 Å². The predicted octanol–water partition coefficient (Wildman–Crippen LogP) is 0.440. The molecule has 1 unspecified atom stereocenters. The maximum atomic E-state index is 12.3. The number of ether oxygens (including phenoxy) is 2. The van der Waals surface area contributed by atoms with Gasteiger partial charge in [-0.25, -0.2) is 0 Å². The third kappa shape index (κ3) is 3.71. The standard InChI is InChI=1S/C15H21N3O3/c19-15(14-11-17-7-10-20-14)18-8-3-13(4-9-18)21-12-1-5-16-6-2-12/h1-2,5-6,13-14,17H,3-4,7-11H2. The van der Waals surface area contributed by atoms with E-state index in [1.165, 1.54) is 0 Å². The van der Waals surface area contributed by atoms with Crippen molar-refractivity contribution in [1.29, 1.82) is 0 Å². The monoisotopic (exact) mass is 291 g/mol. The Kier molecular flexibility index (Phi) is 4.67. The first-order valence-corrected chi connectivity index (χ1v) is 7.51. The molecule has 3 heterocycles. The summed E-state index contributed by atoms with van der Waals surface area (Å²) in [6.07, 6.45) is 5.00. The second-order valence-corrected chi connectivity index (χ2v) is 5.39. The van der Waals surface area contributed by atoms with Crippen LogP contribution in [0.5, 0.6) is 5.75 Å². The van der Waals surface area contributed by atoms with E-state index in [1.54, 1.807) is 12.4 Å². The molecular formula is C15H21N3O3. The molecule has 0 bridgehead atoms. The molecule has 2 aliphatic heterocycles. The first-order valence-electron chi connectivity index (χ1n) is 7.51. The summed E-state index contributed by atoms with van der Waals surface area (Å²) in [7, 11) is 0. The smallest absolute Gasteiger partial charge is 0.253 e. The van der Waals surface area contributed by atoms with Gasteiger partial charge in [-0.2, -0.15) is 0 Å². The van der Waals surface area contributed by atoms with Gasteiger partial charge in [-0.1, -0.05) is 0 Å². The summed E-state index contributed by atoms with van der Waals surface area (Å²) in [6, 6.07) is 3.72. The van der Waals surface area contributed by atoms with Gasteiger partial charge in [0.05, 0.1) is 6.61 Å². The number of nitrogens with zero attached hydrogens (tertiary/aromatic N) is 2. The SMILES string of the molecule is O=C(C1CNCCO1)N1CCC(Oc2ccncc2)CC1. The van der Waals surface area contributed by atoms with E-state index >= 15 is 0 Å². The molecule has 0 saturated carbocycles. The number of aromatic nitrogens is 1. The summed E-state index contributed by atoms with van der Waals surface area (Å²) in [5.74, 6) is 0.944. The lowest BCUT2D eigenvalue weighted by Gasteiger charge is -2.35. The van der Waals surface area contributed by atoms with Crippen molar-refractivity contribution in [3.8, 4) is 5.75 Å². The van der Waals surface area contributed by atoms with Crippen LogP contribution in [0.3, 0.4) is 0 Å². The van der Waals surface area contributed by atoms with Crippen molar-refractivity contribution in [2.75, 3.05) is 32.8 Å². The fraction of sp³-hybridized carbons (Fsp3) is 0.600. The zero-order valence-corrected chi connectivity index (χ0v) is 12.0. The Morgan fingerprint density at radius 1 is 1.33 bits per heavy atom. The van der Waals surface area contributed by atoms with Crippen molar-refractivity contribution in [2.45, 2.75) is 25.0 Å². The van der Waals surface area contributed by atoms with Gasteiger partial charge in [-0.05, 0) is 12.1 Å². The van der Waals surface area contributed by atoms with Crippen molar-refractivity contribution in [3.05, 3.63) is 24.5 Å². The van der Waals surface area contributed by atoms with Crippen LogP contribution in [0.15, 0.2) is 24.5 Å². The maximum absolute atomic E-state index is 12.3. The van der Waals surface area contributed by atoms with Crippen LogP contribution >= 0.6 is 0 Å². The molecule has 2 fully saturated rings. The minimum atomic E-state index is -0.323. The van der Waals surface area contributed by atoms with Crippen molar-refractivity contribution < 1.29 is 14.3 Å². The average molecular weight is 291 g/mol. The number of pyridine rings is 1. The molecule has 1 atom stereocenters. The summed E-state index contributed by atoms with van der Waals surface area (Å²) >= 11 is 0. The maximum Gasteiger partial charge on any atom is 0.253 e. The minimum absolute atomic E-state index is 0.101. The number of hydrogen-bond acceptors (Lipinski definition) is 5. The van der Waals surface area contributed by atoms with E-state index in [9.17, 15) is 4.79 Å². The highest BCUT2D eigenvalue weighted by molar-refractivity contribution is 5.81. The molecule has 1 amide bonds. The summed E-state index contributed by atoms with van der Waals surface area (Å²) < 4.78 is 11.4. The molecule has 0 aliphatic carbocycles. The quantitative estimate of drug-likeness (QED) is 0.875. The van der Waals surface area contributed by atoms with Crippen molar-refractivity contribution in [2.24, 2.45) is 0 Å². The van der Waals surface area contributed by atoms with Gasteiger partial charge in [0.2, 0.25) is 0 Å². The molecule has 0 spiro atoms. The van der Waals surface area contributed by atoms with Crippen LogP contribution in [0, 0.1) is 0 Å². The van der Waals surface area contributed by atoms with Crippen molar-refractivity contribution >= 4 is 5.91 Å². The largest absolute Gasteiger partial charge is 0.490 e. The Labute approximate surface area is 124 Å². The molecule has 0 aromatic carbocycles. The van der Waals surface area contributed by atoms with Gasteiger partial charge in [-0.3, -0.25) is 9.78 Å². The van der Waals surface area contributed by atoms with Gasteiger partial charge < -0.3 is 19.7 Å². The van der Waals surface area contributed by atoms with Crippen LogP contribution in [-0.4, -0.2) is 60.8 Å². The van der Waals surface area contributed by atoms with Gasteiger partial charge in [0.25, 0.3) is 5.91 Å². The lowest BCUT2D eigenvalue weighted by atomic mass is 10.1. The zero-order chi connectivity index (χ0) is 14.5. The summed E-state index contributed by atoms with van der Waals surface area (Å²) in [6.45, 7) is 3.51. The number of rotatable bonds is 3. The molecule has 114 valence electrons. The van der Waals surface area contributed by atoms with Crippen LogP contribution < -0.4 is 10.1 Å². The van der Waals surface area contributed by atoms with Crippen LogP contribution in [0.25, 0.3) is 0 Å². The van der Waals surface area contributed by atoms with Gasteiger partial charge in [0.1, 0.15) is 18.0 Å². The molecule has 2 saturated heterocycles. The summed E-state index contributed by atoms with van der Waals surface area (Å²) in [5, 5.41) is 3.19. The second kappa shape index (κ2) is 6.87. The number of hydrogen-bond donors (Lipinski definition) is 1. The molecule has 6 heteroatoms. The predicted molar refractivity (Wildman–Crippen MR) is 77.1 cm³/mol. The number of morpholine rings is 1. The third-order valence-corrected chi connectivity index (χ3v) is 3.91. The first-order chi connectivity index (χ1) is 10.3. The number of carbonyl (C=O) groups excluding carboxylic acids is 1. The highest BCUT2D eigenvalue weighted by Gasteiger charge is 2.30. The Morgan fingerprint density at radius 3 is 2.76 bits per heavy atom. The number of likely N-dealkylation sites (tertiary alicyclic amines) is 1. The Balaban J connectivity index is 1.47. The first kappa shape index (κ1) is 14.3. The van der Waals surface area contributed by atoms with E-state index in [1.807, 2.05) is 17.0 Å². The van der Waals surface area contributed by atoms with E-state index in [0.29, 0.717) is 13.2 Å². The van der Waals surface area contributed by atoms with Crippen molar-refractivity contribution in [3.63, 3.8) is 0 Å². The van der Waals surface area contributed by atoms with Gasteiger partial charge >= 0.3 is 0 Å². The van der Waals surface area contributed by atoms with Crippen molar-refractivity contribution in [1.82, 2.24) is 15.2 Å². The number of carbonyl (C=O) groups is 1. The third-order valence-electron chi connectivity index (χ3n) is 3.91. The van der Waals surface area contributed by atoms with E-state index in [-0.39, 0.29) is 18.1 Å². The van der Waals surface area contributed by atoms with E-state index in [2.05, 4.69) is 10.3 Å². The minimum Gasteiger partial charge on any atom is -0.490 e. The lowest BCUT2D eigenvalue weighted by Crippen LogP contribution is -2.52. The molecule has 1 aromatic rings. The topological polar surface area (TPSA) is 63.7 Å². The summed E-state index contributed by atoms with van der Waals surface area (Å²) in [4.78, 5) is 18.2. The fourth-order valence-electron chi connectivity index (χ4n) is 2.73. The van der Waals surface area contributed by atoms with Crippen LogP contribution in [-0.2, 0) is 9.53 Å². The normalized spacial score (nSPS) is 23.8. The average Bonchev–Trinajstić information content (AvgIpc) is 2.57. The molecule has 1 N–H and O–H groups in total. The highest BCUT2D eigenvalue weighted by Crippen LogP contribution is 2.19. The van der Waals surface area contributed by atoms with Gasteiger partial charge in [0, 0.05) is 51.4 Å². The number of amides is 1. The lowest BCUT2D eigenvalue weighted by molar-refractivity contribution is -0.147. The molecule has 2 aliphatic rings. The Bertz CT molecular complexity index is 454. The molecule has 3 rings (SSSR count). The van der Waals surface area contributed by atoms with Crippen LogP contribution in [0.1, 0.15) is 12.8 Å². The van der Waals surface area contributed by atoms with E-state index in [0.717, 1.165) is 38.2 Å². The Morgan fingerprint density at radius 2 is 2.10 bits per heavy atom. The highest BCUT2D eigenvalue weighted by atomic mass is 16.5. The molecule has 0 radical (unpaired) electrons. The molecule has 1 aromatic heterocycles. The van der Waals surface area contributed by atoms with Gasteiger partial charge in [-0.15, -0.1) is 0 Å². The van der Waals surface area contributed by atoms with Gasteiger partial charge in [0.15, 0.2) is 0 Å². The zero-order valence-electron chi connectivity index (χ0n) is 12.0. The van der Waals surface area contributed by atoms with Crippen LogP contribution in [0.2, 0.25) is 0 Å². The van der Waals surface area contributed by atoms with E-state index < -0.39 is 0 Å². The van der Waals surface area contributed by atoms with Crippen LogP contribution in [0.4, 0.5) is 0 Å². The molecular weight excluding hydrogens is 270 g/mol.